The average molecular weight is 269 g/mol. The lowest BCUT2D eigenvalue weighted by molar-refractivity contribution is 0.213. The first-order chi connectivity index (χ1) is 8.49. The summed E-state index contributed by atoms with van der Waals surface area (Å²) < 4.78 is 26.8. The second-order valence-electron chi connectivity index (χ2n) is 4.07. The molecular formula is C14H11ClF2O. The maximum atomic E-state index is 13.6. The Morgan fingerprint density at radius 3 is 2.50 bits per heavy atom. The van der Waals surface area contributed by atoms with Crippen LogP contribution in [0.5, 0.6) is 0 Å². The fraction of sp³-hybridized carbons (Fsp3) is 0.143. The minimum absolute atomic E-state index is 0.0381. The molecule has 2 aromatic rings. The maximum Gasteiger partial charge on any atom is 0.129 e. The molecule has 1 nitrogen and oxygen atoms in total. The monoisotopic (exact) mass is 268 g/mol. The highest BCUT2D eigenvalue weighted by Gasteiger charge is 2.17. The van der Waals surface area contributed by atoms with E-state index >= 15 is 0 Å². The molecule has 2 rings (SSSR count). The highest BCUT2D eigenvalue weighted by Crippen LogP contribution is 2.29. The van der Waals surface area contributed by atoms with Gasteiger partial charge in [-0.2, -0.15) is 0 Å². The minimum atomic E-state index is -1.24. The number of rotatable bonds is 2. The van der Waals surface area contributed by atoms with Crippen LogP contribution in [0.25, 0.3) is 0 Å². The summed E-state index contributed by atoms with van der Waals surface area (Å²) in [5.74, 6) is -1.05. The van der Waals surface area contributed by atoms with Gasteiger partial charge in [0.05, 0.1) is 0 Å². The smallest absolute Gasteiger partial charge is 0.129 e. The predicted molar refractivity (Wildman–Crippen MR) is 66.6 cm³/mol. The Morgan fingerprint density at radius 2 is 1.78 bits per heavy atom. The van der Waals surface area contributed by atoms with E-state index in [1.807, 2.05) is 0 Å². The number of halogens is 3. The van der Waals surface area contributed by atoms with E-state index in [2.05, 4.69) is 0 Å². The highest BCUT2D eigenvalue weighted by atomic mass is 35.5. The van der Waals surface area contributed by atoms with Crippen LogP contribution in [-0.2, 0) is 0 Å². The minimum Gasteiger partial charge on any atom is -0.384 e. The van der Waals surface area contributed by atoms with E-state index in [0.717, 1.165) is 0 Å². The van der Waals surface area contributed by atoms with Gasteiger partial charge in [-0.25, -0.2) is 8.78 Å². The molecule has 0 heterocycles. The maximum absolute atomic E-state index is 13.6. The predicted octanol–water partition coefficient (Wildman–Crippen LogP) is 4.01. The molecule has 0 saturated carbocycles. The molecule has 0 aromatic heterocycles. The number of hydrogen-bond donors (Lipinski definition) is 1. The molecule has 0 saturated heterocycles. The van der Waals surface area contributed by atoms with E-state index in [4.69, 9.17) is 11.6 Å². The van der Waals surface area contributed by atoms with E-state index in [9.17, 15) is 13.9 Å². The van der Waals surface area contributed by atoms with Gasteiger partial charge in [0.2, 0.25) is 0 Å². The topological polar surface area (TPSA) is 20.2 Å². The molecule has 1 N–H and O–H groups in total. The SMILES string of the molecule is Cc1ccc(F)cc1C(O)c1cc(Cl)ccc1F. The standard InChI is InChI=1S/C14H11ClF2O/c1-8-2-4-10(16)7-11(8)14(18)12-6-9(15)3-5-13(12)17/h2-7,14,18H,1H3. The summed E-state index contributed by atoms with van der Waals surface area (Å²) in [5, 5.41) is 10.5. The van der Waals surface area contributed by atoms with Crippen molar-refractivity contribution in [1.29, 1.82) is 0 Å². The Bertz CT molecular complexity index is 533. The first-order valence-electron chi connectivity index (χ1n) is 5.38. The van der Waals surface area contributed by atoms with E-state index in [1.54, 1.807) is 6.92 Å². The summed E-state index contributed by atoms with van der Waals surface area (Å²) in [7, 11) is 0. The summed E-state index contributed by atoms with van der Waals surface area (Å²) in [5.41, 5.74) is 1.05. The molecule has 0 bridgehead atoms. The van der Waals surface area contributed by atoms with Crippen LogP contribution >= 0.6 is 11.6 Å². The summed E-state index contributed by atoms with van der Waals surface area (Å²) in [6, 6.07) is 7.93. The number of aryl methyl sites for hydroxylation is 1. The van der Waals surface area contributed by atoms with Gasteiger partial charge in [-0.05, 0) is 48.4 Å². The fourth-order valence-electron chi connectivity index (χ4n) is 1.80. The molecule has 0 spiro atoms. The first kappa shape index (κ1) is 13.0. The van der Waals surface area contributed by atoms with Crippen molar-refractivity contribution in [2.24, 2.45) is 0 Å². The summed E-state index contributed by atoms with van der Waals surface area (Å²) in [4.78, 5) is 0. The summed E-state index contributed by atoms with van der Waals surface area (Å²) in [6.45, 7) is 1.72. The van der Waals surface area contributed by atoms with Gasteiger partial charge in [0.25, 0.3) is 0 Å². The Hall–Kier alpha value is -1.45. The Kier molecular flexibility index (Phi) is 3.64. The van der Waals surface area contributed by atoms with Gasteiger partial charge in [0, 0.05) is 10.6 Å². The molecular weight excluding hydrogens is 258 g/mol. The molecule has 18 heavy (non-hydrogen) atoms. The van der Waals surface area contributed by atoms with E-state index in [1.165, 1.54) is 36.4 Å². The number of benzene rings is 2. The number of hydrogen-bond acceptors (Lipinski definition) is 1. The first-order valence-corrected chi connectivity index (χ1v) is 5.76. The Labute approximate surface area is 109 Å². The van der Waals surface area contributed by atoms with Gasteiger partial charge in [-0.1, -0.05) is 17.7 Å². The van der Waals surface area contributed by atoms with Gasteiger partial charge in [-0.3, -0.25) is 0 Å². The molecule has 0 aliphatic heterocycles. The van der Waals surface area contributed by atoms with Gasteiger partial charge >= 0.3 is 0 Å². The van der Waals surface area contributed by atoms with Gasteiger partial charge in [0.15, 0.2) is 0 Å². The molecule has 0 amide bonds. The van der Waals surface area contributed by atoms with Crippen LogP contribution in [0.3, 0.4) is 0 Å². The van der Waals surface area contributed by atoms with Crippen LogP contribution < -0.4 is 0 Å². The third kappa shape index (κ3) is 2.52. The van der Waals surface area contributed by atoms with Crippen LogP contribution in [0.2, 0.25) is 5.02 Å². The quantitative estimate of drug-likeness (QED) is 0.873. The van der Waals surface area contributed by atoms with Crippen LogP contribution in [0, 0.1) is 18.6 Å². The highest BCUT2D eigenvalue weighted by molar-refractivity contribution is 6.30. The molecule has 0 aliphatic carbocycles. The Balaban J connectivity index is 2.50. The lowest BCUT2D eigenvalue weighted by Gasteiger charge is -2.15. The van der Waals surface area contributed by atoms with Crippen molar-refractivity contribution in [3.63, 3.8) is 0 Å². The second kappa shape index (κ2) is 5.04. The molecule has 4 heteroatoms. The Morgan fingerprint density at radius 1 is 1.06 bits per heavy atom. The molecule has 2 aromatic carbocycles. The van der Waals surface area contributed by atoms with Gasteiger partial charge < -0.3 is 5.11 Å². The van der Waals surface area contributed by atoms with Crippen LogP contribution in [0.1, 0.15) is 22.8 Å². The van der Waals surface area contributed by atoms with Crippen molar-refractivity contribution in [2.75, 3.05) is 0 Å². The van der Waals surface area contributed by atoms with E-state index in [-0.39, 0.29) is 5.56 Å². The zero-order valence-electron chi connectivity index (χ0n) is 9.62. The fourth-order valence-corrected chi connectivity index (χ4v) is 1.98. The van der Waals surface area contributed by atoms with Crippen LogP contribution in [-0.4, -0.2) is 5.11 Å². The van der Waals surface area contributed by atoms with Crippen LogP contribution in [0.4, 0.5) is 8.78 Å². The van der Waals surface area contributed by atoms with Crippen LogP contribution in [0.15, 0.2) is 36.4 Å². The van der Waals surface area contributed by atoms with Crippen molar-refractivity contribution in [1.82, 2.24) is 0 Å². The number of aliphatic hydroxyl groups excluding tert-OH is 1. The van der Waals surface area contributed by atoms with Crippen molar-refractivity contribution in [3.8, 4) is 0 Å². The van der Waals surface area contributed by atoms with Gasteiger partial charge in [-0.15, -0.1) is 0 Å². The molecule has 0 aliphatic rings. The average Bonchev–Trinajstić information content (AvgIpc) is 2.34. The summed E-state index contributed by atoms with van der Waals surface area (Å²) >= 11 is 5.77. The van der Waals surface area contributed by atoms with Gasteiger partial charge in [0.1, 0.15) is 17.7 Å². The molecule has 0 radical (unpaired) electrons. The summed E-state index contributed by atoms with van der Waals surface area (Å²) in [6.07, 6.45) is -1.24. The molecule has 1 unspecified atom stereocenters. The van der Waals surface area contributed by atoms with Crippen molar-refractivity contribution >= 4 is 11.6 Å². The zero-order chi connectivity index (χ0) is 13.3. The lowest BCUT2D eigenvalue weighted by Crippen LogP contribution is -2.05. The van der Waals surface area contributed by atoms with E-state index in [0.29, 0.717) is 16.1 Å². The third-order valence-electron chi connectivity index (χ3n) is 2.79. The number of aliphatic hydroxyl groups is 1. The molecule has 0 fully saturated rings. The van der Waals surface area contributed by atoms with Crippen molar-refractivity contribution in [3.05, 3.63) is 69.7 Å². The van der Waals surface area contributed by atoms with Crippen molar-refractivity contribution < 1.29 is 13.9 Å². The van der Waals surface area contributed by atoms with E-state index < -0.39 is 17.7 Å². The molecule has 1 atom stereocenters. The normalized spacial score (nSPS) is 12.5. The zero-order valence-corrected chi connectivity index (χ0v) is 10.4. The molecule has 94 valence electrons. The lowest BCUT2D eigenvalue weighted by atomic mass is 9.97. The second-order valence-corrected chi connectivity index (χ2v) is 4.51. The third-order valence-corrected chi connectivity index (χ3v) is 3.02. The largest absolute Gasteiger partial charge is 0.384 e. The van der Waals surface area contributed by atoms with Crippen molar-refractivity contribution in [2.45, 2.75) is 13.0 Å².